The summed E-state index contributed by atoms with van der Waals surface area (Å²) in [5.41, 5.74) is 2.00. The van der Waals surface area contributed by atoms with E-state index in [1.54, 1.807) is 16.9 Å². The number of carbonyl (C=O) groups excluding carboxylic acids is 1. The molecule has 0 radical (unpaired) electrons. The van der Waals surface area contributed by atoms with Gasteiger partial charge in [-0.25, -0.2) is 9.50 Å². The summed E-state index contributed by atoms with van der Waals surface area (Å²) < 4.78 is 3.73. The lowest BCUT2D eigenvalue weighted by molar-refractivity contribution is 0.0541. The van der Waals surface area contributed by atoms with Gasteiger partial charge in [-0.15, -0.1) is 10.2 Å². The minimum Gasteiger partial charge on any atom is -0.325 e. The molecule has 1 amide bonds. The predicted octanol–water partition coefficient (Wildman–Crippen LogP) is 0.524. The molecule has 1 atom stereocenters. The van der Waals surface area contributed by atoms with Gasteiger partial charge in [0.25, 0.3) is 5.91 Å². The molecule has 3 aromatic heterocycles. The molecule has 9 nitrogen and oxygen atoms in total. The molecule has 1 unspecified atom stereocenters. The average Bonchev–Trinajstić information content (AvgIpc) is 3.19. The van der Waals surface area contributed by atoms with E-state index < -0.39 is 0 Å². The maximum atomic E-state index is 13.4. The van der Waals surface area contributed by atoms with Crippen molar-refractivity contribution in [3.8, 4) is 0 Å². The highest BCUT2D eigenvalue weighted by atomic mass is 16.2. The summed E-state index contributed by atoms with van der Waals surface area (Å²) >= 11 is 0. The second-order valence-electron chi connectivity index (χ2n) is 7.00. The molecule has 136 valence electrons. The fraction of sp³-hybridized carbons (Fsp3) is 0.471. The van der Waals surface area contributed by atoms with Gasteiger partial charge in [0.15, 0.2) is 11.5 Å². The first-order chi connectivity index (χ1) is 12.4. The van der Waals surface area contributed by atoms with Crippen molar-refractivity contribution in [2.45, 2.75) is 33.0 Å². The van der Waals surface area contributed by atoms with Crippen LogP contribution in [-0.4, -0.2) is 71.8 Å². The monoisotopic (exact) mass is 354 g/mol. The topological polar surface area (TPSA) is 84.5 Å². The van der Waals surface area contributed by atoms with Crippen LogP contribution in [0.2, 0.25) is 0 Å². The zero-order chi connectivity index (χ0) is 18.4. The van der Waals surface area contributed by atoms with E-state index in [0.29, 0.717) is 24.3 Å². The molecule has 0 bridgehead atoms. The zero-order valence-corrected chi connectivity index (χ0v) is 15.4. The van der Waals surface area contributed by atoms with Gasteiger partial charge in [-0.3, -0.25) is 4.79 Å². The molecule has 0 aliphatic carbocycles. The molecule has 3 aromatic rings. The van der Waals surface area contributed by atoms with Gasteiger partial charge in [-0.2, -0.15) is 5.10 Å². The van der Waals surface area contributed by atoms with Crippen molar-refractivity contribution in [2.24, 2.45) is 0 Å². The van der Waals surface area contributed by atoms with E-state index in [-0.39, 0.29) is 11.9 Å². The summed E-state index contributed by atoms with van der Waals surface area (Å²) in [6.45, 7) is 5.70. The van der Waals surface area contributed by atoms with Crippen LogP contribution in [0.15, 0.2) is 18.5 Å². The van der Waals surface area contributed by atoms with Crippen LogP contribution < -0.4 is 0 Å². The predicted molar refractivity (Wildman–Crippen MR) is 94.7 cm³/mol. The summed E-state index contributed by atoms with van der Waals surface area (Å²) in [5.74, 6) is 1.65. The van der Waals surface area contributed by atoms with Crippen LogP contribution in [0.1, 0.15) is 27.7 Å². The summed E-state index contributed by atoms with van der Waals surface area (Å²) in [7, 11) is 4.03. The van der Waals surface area contributed by atoms with Crippen LogP contribution in [0.4, 0.5) is 0 Å². The van der Waals surface area contributed by atoms with Crippen molar-refractivity contribution >= 4 is 11.6 Å². The van der Waals surface area contributed by atoms with Gasteiger partial charge in [0.1, 0.15) is 5.82 Å². The average molecular weight is 354 g/mol. The SMILES string of the molecule is Cc1nc2ccnn2cc1C(=O)N1Cc2nnc(C)n2CC1CN(C)C. The smallest absolute Gasteiger partial charge is 0.258 e. The lowest BCUT2D eigenvalue weighted by atomic mass is 10.1. The standard InChI is InChI=1S/C17H22N8O/c1-11-14(9-25-15(19-11)5-6-18-25)17(26)24-10-16-21-20-12(2)23(16)8-13(24)7-22(3)4/h5-6,9,13H,7-8,10H2,1-4H3. The first-order valence-electron chi connectivity index (χ1n) is 8.59. The second kappa shape index (κ2) is 6.17. The Labute approximate surface area is 151 Å². The number of aromatic nitrogens is 6. The van der Waals surface area contributed by atoms with Crippen molar-refractivity contribution in [3.05, 3.63) is 41.4 Å². The van der Waals surface area contributed by atoms with Crippen LogP contribution in [-0.2, 0) is 13.1 Å². The van der Waals surface area contributed by atoms with Crippen molar-refractivity contribution < 1.29 is 4.79 Å². The van der Waals surface area contributed by atoms with Crippen LogP contribution in [0, 0.1) is 13.8 Å². The van der Waals surface area contributed by atoms with Gasteiger partial charge in [0, 0.05) is 25.4 Å². The number of rotatable bonds is 3. The van der Waals surface area contributed by atoms with Gasteiger partial charge in [0.2, 0.25) is 0 Å². The highest BCUT2D eigenvalue weighted by Gasteiger charge is 2.33. The molecule has 0 N–H and O–H groups in total. The quantitative estimate of drug-likeness (QED) is 0.682. The molecule has 0 aromatic carbocycles. The summed E-state index contributed by atoms with van der Waals surface area (Å²) in [4.78, 5) is 21.8. The molecular formula is C17H22N8O. The second-order valence-corrected chi connectivity index (χ2v) is 7.00. The van der Waals surface area contributed by atoms with Crippen LogP contribution in [0.25, 0.3) is 5.65 Å². The summed E-state index contributed by atoms with van der Waals surface area (Å²) in [5, 5.41) is 12.6. The molecule has 1 aliphatic heterocycles. The third-order valence-corrected chi connectivity index (χ3v) is 4.80. The Balaban J connectivity index is 1.72. The van der Waals surface area contributed by atoms with E-state index in [0.717, 1.165) is 23.8 Å². The fourth-order valence-electron chi connectivity index (χ4n) is 3.49. The highest BCUT2D eigenvalue weighted by molar-refractivity contribution is 5.95. The highest BCUT2D eigenvalue weighted by Crippen LogP contribution is 2.22. The van der Waals surface area contributed by atoms with Crippen LogP contribution in [0.3, 0.4) is 0 Å². The minimum atomic E-state index is -0.0499. The summed E-state index contributed by atoms with van der Waals surface area (Å²) in [6, 6.07) is 1.86. The Bertz CT molecular complexity index is 972. The summed E-state index contributed by atoms with van der Waals surface area (Å²) in [6.07, 6.45) is 3.44. The van der Waals surface area contributed by atoms with Crippen molar-refractivity contribution in [2.75, 3.05) is 20.6 Å². The molecule has 0 fully saturated rings. The number of fused-ring (bicyclic) bond motifs is 2. The molecule has 4 rings (SSSR count). The molecule has 0 saturated carbocycles. The normalized spacial score (nSPS) is 17.1. The number of aryl methyl sites for hydroxylation is 2. The third kappa shape index (κ3) is 2.74. The Morgan fingerprint density at radius 1 is 1.31 bits per heavy atom. The van der Waals surface area contributed by atoms with Gasteiger partial charge in [0.05, 0.1) is 30.0 Å². The Morgan fingerprint density at radius 3 is 2.88 bits per heavy atom. The van der Waals surface area contributed by atoms with Crippen molar-refractivity contribution in [1.29, 1.82) is 0 Å². The lowest BCUT2D eigenvalue weighted by Gasteiger charge is -2.37. The number of nitrogens with zero attached hydrogens (tertiary/aromatic N) is 8. The maximum absolute atomic E-state index is 13.4. The van der Waals surface area contributed by atoms with Crippen molar-refractivity contribution in [1.82, 2.24) is 39.2 Å². The Kier molecular flexibility index (Phi) is 3.95. The van der Waals surface area contributed by atoms with E-state index in [1.165, 1.54) is 0 Å². The van der Waals surface area contributed by atoms with Gasteiger partial charge in [-0.1, -0.05) is 0 Å². The largest absolute Gasteiger partial charge is 0.325 e. The first kappa shape index (κ1) is 16.6. The van der Waals surface area contributed by atoms with E-state index >= 15 is 0 Å². The number of hydrogen-bond donors (Lipinski definition) is 0. The first-order valence-corrected chi connectivity index (χ1v) is 8.59. The number of carbonyl (C=O) groups is 1. The molecule has 9 heteroatoms. The maximum Gasteiger partial charge on any atom is 0.258 e. The fourth-order valence-corrected chi connectivity index (χ4v) is 3.49. The van der Waals surface area contributed by atoms with E-state index in [9.17, 15) is 4.79 Å². The molecule has 1 aliphatic rings. The molecule has 4 heterocycles. The molecule has 26 heavy (non-hydrogen) atoms. The number of hydrogen-bond acceptors (Lipinski definition) is 6. The van der Waals surface area contributed by atoms with E-state index in [1.807, 2.05) is 38.9 Å². The Morgan fingerprint density at radius 2 is 2.12 bits per heavy atom. The van der Waals surface area contributed by atoms with E-state index in [2.05, 4.69) is 29.7 Å². The van der Waals surface area contributed by atoms with Crippen molar-refractivity contribution in [3.63, 3.8) is 0 Å². The molecular weight excluding hydrogens is 332 g/mol. The number of amides is 1. The molecule has 0 spiro atoms. The van der Waals surface area contributed by atoms with E-state index in [4.69, 9.17) is 0 Å². The minimum absolute atomic E-state index is 0.0346. The van der Waals surface area contributed by atoms with Crippen LogP contribution in [0.5, 0.6) is 0 Å². The lowest BCUT2D eigenvalue weighted by Crippen LogP contribution is -2.51. The van der Waals surface area contributed by atoms with Gasteiger partial charge < -0.3 is 14.4 Å². The van der Waals surface area contributed by atoms with Gasteiger partial charge in [-0.05, 0) is 27.9 Å². The third-order valence-electron chi connectivity index (χ3n) is 4.80. The zero-order valence-electron chi connectivity index (χ0n) is 15.4. The Hall–Kier alpha value is -2.81. The molecule has 0 saturated heterocycles. The van der Waals surface area contributed by atoms with Gasteiger partial charge >= 0.3 is 0 Å². The van der Waals surface area contributed by atoms with Crippen LogP contribution >= 0.6 is 0 Å². The number of likely N-dealkylation sites (N-methyl/N-ethyl adjacent to an activating group) is 1.